The summed E-state index contributed by atoms with van der Waals surface area (Å²) in [5.41, 5.74) is 13.3. The number of rotatable bonds is 10. The maximum atomic E-state index is 14.7. The SMILES string of the molecule is CO[C@H]1/C=C/C[C@H](C)C[S@@](=O)(CC(=O)N[C@@H]2C[C@H]2c2ccnn2C)=NC(=O)c2ccc3c(c2)N(C[C@@H]2CC[C@H]21)C[C@@]1(CCCc2cc(Cl)ccc21)CO3.Cn1nccc1[C@@H]1C[C@H]1C(=O)O.Cn1nccc1[C@@H]1C[C@H]1N.Cn1nccc1[C@@H]1C[C@H]1NC(=O)OC(C)(C)C. The lowest BCUT2D eigenvalue weighted by Crippen LogP contribution is -2.49. The molecule has 1 spiro atoms. The van der Waals surface area contributed by atoms with Crippen molar-refractivity contribution in [1.82, 2.24) is 49.8 Å². The first-order chi connectivity index (χ1) is 43.9. The summed E-state index contributed by atoms with van der Waals surface area (Å²) in [5, 5.41) is 31.8. The Labute approximate surface area is 544 Å². The molecule has 2 aromatic carbocycles. The number of nitrogens with one attached hydrogen (secondary N) is 2. The third-order valence-electron chi connectivity index (χ3n) is 19.5. The number of carbonyl (C=O) groups excluding carboxylic acids is 3. The number of benzene rings is 2. The fourth-order valence-electron chi connectivity index (χ4n) is 14.1. The molecule has 0 saturated heterocycles. The van der Waals surface area contributed by atoms with Gasteiger partial charge in [-0.2, -0.15) is 24.8 Å². The highest BCUT2D eigenvalue weighted by Gasteiger charge is 2.48. The molecular formula is C68H90ClN13O9S. The van der Waals surface area contributed by atoms with Gasteiger partial charge in [-0.1, -0.05) is 36.7 Å². The molecule has 6 aliphatic carbocycles. The molecule has 5 N–H and O–H groups in total. The van der Waals surface area contributed by atoms with Crippen LogP contribution in [0.5, 0.6) is 5.75 Å². The van der Waals surface area contributed by atoms with E-state index in [1.54, 1.807) is 36.4 Å². The number of amides is 3. The van der Waals surface area contributed by atoms with E-state index in [2.05, 4.69) is 64.6 Å². The fourth-order valence-corrected chi connectivity index (χ4v) is 16.5. The van der Waals surface area contributed by atoms with Crippen LogP contribution >= 0.6 is 11.6 Å². The van der Waals surface area contributed by atoms with Crippen LogP contribution in [0.15, 0.2) is 102 Å². The average Bonchev–Trinajstić information content (AvgIpc) is 1.44. The quantitative estimate of drug-likeness (QED) is 0.0931. The van der Waals surface area contributed by atoms with Crippen LogP contribution in [0.2, 0.25) is 5.02 Å². The van der Waals surface area contributed by atoms with Gasteiger partial charge in [-0.25, -0.2) is 9.00 Å². The third kappa shape index (κ3) is 15.7. The molecule has 6 heterocycles. The Morgan fingerprint density at radius 1 is 0.815 bits per heavy atom. The Balaban J connectivity index is 0.000000176. The Kier molecular flexibility index (Phi) is 19.6. The first-order valence-electron chi connectivity index (χ1n) is 32.3. The van der Waals surface area contributed by atoms with E-state index in [-0.39, 0.29) is 70.8 Å². The van der Waals surface area contributed by atoms with Gasteiger partial charge in [0.1, 0.15) is 17.1 Å². The van der Waals surface area contributed by atoms with Crippen molar-refractivity contribution in [3.05, 3.63) is 142 Å². The monoisotopic (exact) mass is 1300 g/mol. The van der Waals surface area contributed by atoms with Gasteiger partial charge < -0.3 is 40.6 Å². The van der Waals surface area contributed by atoms with Crippen molar-refractivity contribution in [3.63, 3.8) is 0 Å². The normalized spacial score (nSPS) is 30.2. The van der Waals surface area contributed by atoms with E-state index >= 15 is 0 Å². The van der Waals surface area contributed by atoms with E-state index in [0.717, 1.165) is 104 Å². The zero-order chi connectivity index (χ0) is 65.4. The summed E-state index contributed by atoms with van der Waals surface area (Å²) < 4.78 is 44.4. The zero-order valence-corrected chi connectivity index (χ0v) is 55.9. The van der Waals surface area contributed by atoms with Crippen molar-refractivity contribution in [2.75, 3.05) is 43.2 Å². The molecule has 92 heavy (non-hydrogen) atoms. The second kappa shape index (κ2) is 27.3. The fraction of sp³-hybridized carbons (Fsp3) is 0.559. The summed E-state index contributed by atoms with van der Waals surface area (Å²) in [5.74, 6) is 0.694. The first kappa shape index (κ1) is 66.1. The number of carboxylic acid groups (broad SMARTS) is 1. The van der Waals surface area contributed by atoms with Crippen molar-refractivity contribution in [2.24, 2.45) is 62.0 Å². The number of carboxylic acids is 1. The zero-order valence-electron chi connectivity index (χ0n) is 54.3. The van der Waals surface area contributed by atoms with Crippen molar-refractivity contribution in [3.8, 4) is 5.75 Å². The van der Waals surface area contributed by atoms with Gasteiger partial charge in [0.15, 0.2) is 0 Å². The molecule has 5 saturated carbocycles. The first-order valence-corrected chi connectivity index (χ1v) is 34.6. The Bertz CT molecular complexity index is 3820. The molecule has 3 amide bonds. The number of anilines is 1. The molecule has 0 unspecified atom stereocenters. The van der Waals surface area contributed by atoms with Crippen molar-refractivity contribution in [2.45, 2.75) is 151 Å². The van der Waals surface area contributed by atoms with Crippen LogP contribution in [-0.4, -0.2) is 140 Å². The summed E-state index contributed by atoms with van der Waals surface area (Å²) in [6.07, 6.45) is 20.4. The number of carbonyl (C=O) groups is 4. The van der Waals surface area contributed by atoms with Gasteiger partial charge >= 0.3 is 12.1 Å². The molecule has 494 valence electrons. The van der Waals surface area contributed by atoms with Crippen LogP contribution < -0.4 is 26.0 Å². The molecule has 14 rings (SSSR count). The lowest BCUT2D eigenvalue weighted by Gasteiger charge is -2.46. The van der Waals surface area contributed by atoms with Crippen LogP contribution in [0.3, 0.4) is 0 Å². The molecule has 2 bridgehead atoms. The van der Waals surface area contributed by atoms with Crippen LogP contribution in [0.4, 0.5) is 10.5 Å². The van der Waals surface area contributed by atoms with E-state index in [9.17, 15) is 23.4 Å². The number of methoxy groups -OCH3 is 1. The molecule has 24 heteroatoms. The molecule has 0 radical (unpaired) electrons. The molecular weight excluding hydrogens is 1210 g/mol. The number of halogens is 1. The molecule has 22 nitrogen and oxygen atoms in total. The minimum absolute atomic E-state index is 0.0401. The highest BCUT2D eigenvalue weighted by Crippen LogP contribution is 2.49. The highest BCUT2D eigenvalue weighted by atomic mass is 35.5. The van der Waals surface area contributed by atoms with E-state index < -0.39 is 27.2 Å². The number of aliphatic carboxylic acids is 1. The maximum absolute atomic E-state index is 14.7. The highest BCUT2D eigenvalue weighted by molar-refractivity contribution is 7.94. The summed E-state index contributed by atoms with van der Waals surface area (Å²) in [7, 11) is 6.12. The molecule has 6 aromatic rings. The number of alkyl carbamates (subject to hydrolysis) is 1. The van der Waals surface area contributed by atoms with Crippen LogP contribution in [-0.2, 0) is 68.8 Å². The van der Waals surface area contributed by atoms with Gasteiger partial charge in [-0.3, -0.25) is 33.1 Å². The number of hydrogen-bond acceptors (Lipinski definition) is 14. The number of allylic oxidation sites excluding steroid dienone is 1. The van der Waals surface area contributed by atoms with Crippen molar-refractivity contribution in [1.29, 1.82) is 0 Å². The molecule has 8 aliphatic rings. The summed E-state index contributed by atoms with van der Waals surface area (Å²) in [6, 6.07) is 20.1. The molecule has 2 aliphatic heterocycles. The van der Waals surface area contributed by atoms with E-state index in [0.29, 0.717) is 48.3 Å². The third-order valence-corrected chi connectivity index (χ3v) is 22.0. The number of nitrogens with zero attached hydrogens (tertiary/aromatic N) is 10. The number of fused-ring (bicyclic) bond motifs is 4. The maximum Gasteiger partial charge on any atom is 0.407 e. The van der Waals surface area contributed by atoms with Crippen LogP contribution in [0, 0.1) is 23.7 Å². The topological polar surface area (TPSA) is 270 Å². The number of ether oxygens (including phenoxy) is 3. The van der Waals surface area contributed by atoms with E-state index in [4.69, 9.17) is 36.7 Å². The van der Waals surface area contributed by atoms with E-state index in [1.807, 2.05) is 119 Å². The smallest absolute Gasteiger partial charge is 0.407 e. The van der Waals surface area contributed by atoms with Crippen molar-refractivity contribution < 1.29 is 42.7 Å². The van der Waals surface area contributed by atoms with Crippen LogP contribution in [0.25, 0.3) is 0 Å². The second-order valence-corrected chi connectivity index (χ2v) is 30.4. The number of nitrogens with two attached hydrogens (primary N) is 1. The predicted molar refractivity (Wildman–Crippen MR) is 351 cm³/mol. The molecule has 4 aromatic heterocycles. The lowest BCUT2D eigenvalue weighted by atomic mass is 9.68. The van der Waals surface area contributed by atoms with Gasteiger partial charge in [-0.05, 0) is 168 Å². The predicted octanol–water partition coefficient (Wildman–Crippen LogP) is 9.11. The largest absolute Gasteiger partial charge is 0.490 e. The Morgan fingerprint density at radius 2 is 1.42 bits per heavy atom. The number of hydrogen-bond donors (Lipinski definition) is 4. The van der Waals surface area contributed by atoms with Gasteiger partial charge in [0.05, 0.1) is 34.0 Å². The lowest BCUT2D eigenvalue weighted by molar-refractivity contribution is -0.138. The summed E-state index contributed by atoms with van der Waals surface area (Å²) >= 11 is 6.47. The average molecular weight is 1300 g/mol. The molecule has 14 atom stereocenters. The van der Waals surface area contributed by atoms with Crippen LogP contribution in [0.1, 0.15) is 153 Å². The van der Waals surface area contributed by atoms with Crippen molar-refractivity contribution >= 4 is 50.9 Å². The number of aryl methyl sites for hydroxylation is 5. The number of aromatic nitrogens is 8. The minimum Gasteiger partial charge on any atom is -0.490 e. The van der Waals surface area contributed by atoms with E-state index in [1.165, 1.54) is 16.8 Å². The summed E-state index contributed by atoms with van der Waals surface area (Å²) in [6.45, 7) is 9.62. The van der Waals surface area contributed by atoms with Gasteiger partial charge in [-0.15, -0.1) is 0 Å². The van der Waals surface area contributed by atoms with Gasteiger partial charge in [0, 0.05) is 160 Å². The minimum atomic E-state index is -3.26. The Morgan fingerprint density at radius 3 is 1.97 bits per heavy atom. The van der Waals surface area contributed by atoms with Gasteiger partial charge in [0.25, 0.3) is 5.91 Å². The van der Waals surface area contributed by atoms with Gasteiger partial charge in [0.2, 0.25) is 5.91 Å². The second-order valence-electron chi connectivity index (χ2n) is 27.7. The summed E-state index contributed by atoms with van der Waals surface area (Å²) in [4.78, 5) is 52.0. The molecule has 5 fully saturated rings. The standard InChI is InChI=1S/C41H50ClN5O5S.C12H19N3O2.C8H10N2O2.C7H11N3/c1-26-6-4-8-37(51-3)31-12-9-29(31)21-47-24-41(16-5-7-27-18-30(42)11-13-33(27)41)25-52-38-14-10-28(19-36(38)47)40(49)45-53(50,22-26)23-39(48)44-34-20-32(34)35-15-17-43-46(35)2;1-12(2,3)17-11(16)14-9-7-8(9)10-5-6-13-15(10)4;1-10-7(2-3-9-10)5-4-6(5)8(11)12;1-10-7(2-3-9-10)5-4-6(5)8/h4,8,10-11,13-15,17-19,26,29,31-32,34,37H,5-7,9,12,16,20-25H2,1-3H3,(H,44,48);5-6,8-9H,7H2,1-4H3,(H,14,16);2-3,5-6H,4H2,1H3,(H,11,12);2-3,5-6H,4,8H2,1H3/b8-4+;;;/t26-,29-,31+,32+,34+,37-,41-,53+;8-,9-;2*5-,6-/m0111/s1. The Hall–Kier alpha value is -7.34.